The van der Waals surface area contributed by atoms with Crippen molar-refractivity contribution in [1.82, 2.24) is 9.78 Å². The topological polar surface area (TPSA) is 73.2 Å². The highest BCUT2D eigenvalue weighted by Crippen LogP contribution is 2.18. The summed E-state index contributed by atoms with van der Waals surface area (Å²) >= 11 is 5.65. The van der Waals surface area contributed by atoms with Gasteiger partial charge in [0.05, 0.1) is 16.9 Å². The number of halogens is 2. The maximum atomic E-state index is 13.6. The van der Waals surface area contributed by atoms with Gasteiger partial charge < -0.3 is 10.1 Å². The lowest BCUT2D eigenvalue weighted by Crippen LogP contribution is -2.21. The average Bonchev–Trinajstić information content (AvgIpc) is 3.08. The summed E-state index contributed by atoms with van der Waals surface area (Å²) in [4.78, 5) is 23.9. The number of rotatable bonds is 5. The Kier molecular flexibility index (Phi) is 5.52. The van der Waals surface area contributed by atoms with Crippen LogP contribution in [0.3, 0.4) is 0 Å². The number of benzene rings is 2. The number of ether oxygens (including phenoxy) is 1. The van der Waals surface area contributed by atoms with Gasteiger partial charge in [-0.1, -0.05) is 11.6 Å². The third-order valence-electron chi connectivity index (χ3n) is 3.72. The molecule has 0 bridgehead atoms. The second kappa shape index (κ2) is 8.01. The summed E-state index contributed by atoms with van der Waals surface area (Å²) in [5.74, 6) is -1.99. The number of nitrogens with one attached hydrogen (secondary N) is 1. The van der Waals surface area contributed by atoms with Crippen LogP contribution in [-0.4, -0.2) is 28.3 Å². The van der Waals surface area contributed by atoms with Crippen molar-refractivity contribution in [2.45, 2.75) is 6.92 Å². The van der Waals surface area contributed by atoms with Crippen molar-refractivity contribution in [2.75, 3.05) is 11.9 Å². The SMILES string of the molecule is Cc1ccnn1-c1ccc(C(=O)OCC(=O)Nc2ccc(Cl)cc2F)cc1. The molecule has 27 heavy (non-hydrogen) atoms. The molecule has 8 heteroatoms. The van der Waals surface area contributed by atoms with Crippen molar-refractivity contribution in [3.63, 3.8) is 0 Å². The Morgan fingerprint density at radius 2 is 1.93 bits per heavy atom. The highest BCUT2D eigenvalue weighted by molar-refractivity contribution is 6.30. The first-order valence-corrected chi connectivity index (χ1v) is 8.35. The van der Waals surface area contributed by atoms with Gasteiger partial charge in [-0.3, -0.25) is 4.79 Å². The van der Waals surface area contributed by atoms with E-state index in [1.54, 1.807) is 35.1 Å². The number of carbonyl (C=O) groups excluding carboxylic acids is 2. The average molecular weight is 388 g/mol. The van der Waals surface area contributed by atoms with Crippen molar-refractivity contribution in [3.05, 3.63) is 76.8 Å². The Labute approximate surface area is 159 Å². The third kappa shape index (κ3) is 4.51. The van der Waals surface area contributed by atoms with Crippen LogP contribution >= 0.6 is 11.6 Å². The zero-order chi connectivity index (χ0) is 19.4. The molecule has 0 aliphatic heterocycles. The molecule has 3 aromatic rings. The van der Waals surface area contributed by atoms with Crippen LogP contribution in [0.5, 0.6) is 0 Å². The highest BCUT2D eigenvalue weighted by atomic mass is 35.5. The minimum Gasteiger partial charge on any atom is -0.452 e. The fourth-order valence-corrected chi connectivity index (χ4v) is 2.53. The lowest BCUT2D eigenvalue weighted by Gasteiger charge is -2.08. The van der Waals surface area contributed by atoms with E-state index in [9.17, 15) is 14.0 Å². The molecule has 0 spiro atoms. The number of carbonyl (C=O) groups is 2. The Bertz CT molecular complexity index is 986. The van der Waals surface area contributed by atoms with Gasteiger partial charge in [0, 0.05) is 16.9 Å². The molecule has 0 saturated carbocycles. The Morgan fingerprint density at radius 1 is 1.19 bits per heavy atom. The fraction of sp³-hybridized carbons (Fsp3) is 0.105. The molecule has 1 amide bonds. The van der Waals surface area contributed by atoms with Gasteiger partial charge >= 0.3 is 5.97 Å². The smallest absolute Gasteiger partial charge is 0.338 e. The standard InChI is InChI=1S/C19H15ClFN3O3/c1-12-8-9-22-24(12)15-5-2-13(3-6-15)19(26)27-11-18(25)23-17-7-4-14(20)10-16(17)21/h2-10H,11H2,1H3,(H,23,25). The molecule has 3 rings (SSSR count). The van der Waals surface area contributed by atoms with Crippen molar-refractivity contribution >= 4 is 29.2 Å². The zero-order valence-corrected chi connectivity index (χ0v) is 15.0. The number of hydrogen-bond acceptors (Lipinski definition) is 4. The lowest BCUT2D eigenvalue weighted by molar-refractivity contribution is -0.119. The predicted molar refractivity (Wildman–Crippen MR) is 98.6 cm³/mol. The predicted octanol–water partition coefficient (Wildman–Crippen LogP) is 3.77. The molecule has 1 N–H and O–H groups in total. The first-order chi connectivity index (χ1) is 12.9. The lowest BCUT2D eigenvalue weighted by atomic mass is 10.2. The molecular formula is C19H15ClFN3O3. The Balaban J connectivity index is 1.57. The molecule has 138 valence electrons. The molecule has 0 fully saturated rings. The number of anilines is 1. The van der Waals surface area contributed by atoms with Gasteiger partial charge in [0.2, 0.25) is 0 Å². The van der Waals surface area contributed by atoms with Crippen molar-refractivity contribution < 1.29 is 18.7 Å². The van der Waals surface area contributed by atoms with Crippen molar-refractivity contribution in [1.29, 1.82) is 0 Å². The number of hydrogen-bond donors (Lipinski definition) is 1. The summed E-state index contributed by atoms with van der Waals surface area (Å²) in [5.41, 5.74) is 2.00. The van der Waals surface area contributed by atoms with Crippen LogP contribution in [0.2, 0.25) is 5.02 Å². The minimum absolute atomic E-state index is 0.0422. The maximum absolute atomic E-state index is 13.6. The number of amides is 1. The van der Waals surface area contributed by atoms with E-state index >= 15 is 0 Å². The van der Waals surface area contributed by atoms with Crippen LogP contribution in [0.4, 0.5) is 10.1 Å². The second-order valence-electron chi connectivity index (χ2n) is 5.68. The van der Waals surface area contributed by atoms with Crippen molar-refractivity contribution in [2.24, 2.45) is 0 Å². The molecule has 0 aliphatic rings. The molecule has 0 atom stereocenters. The molecule has 1 aromatic heterocycles. The van der Waals surface area contributed by atoms with Crippen LogP contribution < -0.4 is 5.32 Å². The van der Waals surface area contributed by atoms with E-state index in [1.165, 1.54) is 12.1 Å². The van der Waals surface area contributed by atoms with E-state index in [4.69, 9.17) is 16.3 Å². The Hall–Kier alpha value is -3.19. The van der Waals surface area contributed by atoms with Gasteiger partial charge in [0.1, 0.15) is 5.82 Å². The van der Waals surface area contributed by atoms with E-state index < -0.39 is 24.3 Å². The quantitative estimate of drug-likeness (QED) is 0.676. The zero-order valence-electron chi connectivity index (χ0n) is 14.3. The molecule has 0 radical (unpaired) electrons. The molecule has 0 aliphatic carbocycles. The summed E-state index contributed by atoms with van der Waals surface area (Å²) < 4.78 is 20.3. The van der Waals surface area contributed by atoms with Gasteiger partial charge in [0.25, 0.3) is 5.91 Å². The Morgan fingerprint density at radius 3 is 2.56 bits per heavy atom. The maximum Gasteiger partial charge on any atom is 0.338 e. The fourth-order valence-electron chi connectivity index (χ4n) is 2.37. The van der Waals surface area contributed by atoms with Crippen molar-refractivity contribution in [3.8, 4) is 5.69 Å². The van der Waals surface area contributed by atoms with Crippen LogP contribution in [0.1, 0.15) is 16.1 Å². The monoisotopic (exact) mass is 387 g/mol. The number of aryl methyl sites for hydroxylation is 1. The normalized spacial score (nSPS) is 10.5. The molecule has 2 aromatic carbocycles. The first-order valence-electron chi connectivity index (χ1n) is 7.97. The van der Waals surface area contributed by atoms with Gasteiger partial charge in [-0.15, -0.1) is 0 Å². The summed E-state index contributed by atoms with van der Waals surface area (Å²) in [6.07, 6.45) is 1.68. The summed E-state index contributed by atoms with van der Waals surface area (Å²) in [6.45, 7) is 1.37. The van der Waals surface area contributed by atoms with E-state index in [1.807, 2.05) is 13.0 Å². The van der Waals surface area contributed by atoms with Gasteiger partial charge in [-0.25, -0.2) is 13.9 Å². The molecule has 0 unspecified atom stereocenters. The van der Waals surface area contributed by atoms with E-state index in [0.29, 0.717) is 0 Å². The van der Waals surface area contributed by atoms with Gasteiger partial charge in [-0.2, -0.15) is 5.10 Å². The van der Waals surface area contributed by atoms with E-state index in [0.717, 1.165) is 17.4 Å². The van der Waals surface area contributed by atoms with Crippen LogP contribution in [0, 0.1) is 12.7 Å². The summed E-state index contributed by atoms with van der Waals surface area (Å²) in [6, 6.07) is 12.3. The van der Waals surface area contributed by atoms with Crippen LogP contribution in [0.25, 0.3) is 5.69 Å². The van der Waals surface area contributed by atoms with E-state index in [2.05, 4.69) is 10.4 Å². The number of aromatic nitrogens is 2. The van der Waals surface area contributed by atoms with Gasteiger partial charge in [-0.05, 0) is 55.5 Å². The number of esters is 1. The molecule has 0 saturated heterocycles. The summed E-state index contributed by atoms with van der Waals surface area (Å²) in [7, 11) is 0. The third-order valence-corrected chi connectivity index (χ3v) is 3.95. The van der Waals surface area contributed by atoms with Crippen LogP contribution in [-0.2, 0) is 9.53 Å². The van der Waals surface area contributed by atoms with Gasteiger partial charge in [0.15, 0.2) is 6.61 Å². The molecule has 1 heterocycles. The summed E-state index contributed by atoms with van der Waals surface area (Å²) in [5, 5.41) is 6.71. The van der Waals surface area contributed by atoms with E-state index in [-0.39, 0.29) is 16.3 Å². The van der Waals surface area contributed by atoms with Crippen LogP contribution in [0.15, 0.2) is 54.7 Å². The second-order valence-corrected chi connectivity index (χ2v) is 6.12. The highest BCUT2D eigenvalue weighted by Gasteiger charge is 2.12. The largest absolute Gasteiger partial charge is 0.452 e. The first kappa shape index (κ1) is 18.6. The number of nitrogens with zero attached hydrogens (tertiary/aromatic N) is 2. The minimum atomic E-state index is -0.674. The molecular weight excluding hydrogens is 373 g/mol. The molecule has 6 nitrogen and oxygen atoms in total.